The molecule has 0 radical (unpaired) electrons. The molecule has 0 aromatic heterocycles. The second-order valence-corrected chi connectivity index (χ2v) is 3.61. The molecule has 5 heteroatoms. The van der Waals surface area contributed by atoms with Gasteiger partial charge in [0, 0.05) is 25.5 Å². The quantitative estimate of drug-likeness (QED) is 0.559. The van der Waals surface area contributed by atoms with Gasteiger partial charge in [0.25, 0.3) is 0 Å². The summed E-state index contributed by atoms with van der Waals surface area (Å²) in [6.45, 7) is 1.12. The number of carbonyl (C=O) groups is 1. The number of carboxylic acids is 1. The number of nitrogen functional groups attached to an aromatic ring is 1. The minimum Gasteiger partial charge on any atom is -0.493 e. The van der Waals surface area contributed by atoms with Crippen molar-refractivity contribution < 1.29 is 19.4 Å². The fraction of sp³-hybridized carbons (Fsp3) is 0.417. The third-order valence-corrected chi connectivity index (χ3v) is 2.24. The molecule has 0 unspecified atom stereocenters. The Labute approximate surface area is 100 Å². The van der Waals surface area contributed by atoms with Gasteiger partial charge in [-0.2, -0.15) is 0 Å². The third kappa shape index (κ3) is 4.32. The normalized spacial score (nSPS) is 10.2. The number of carboxylic acid groups (broad SMARTS) is 1. The molecule has 0 atom stereocenters. The highest BCUT2D eigenvalue weighted by Crippen LogP contribution is 2.22. The van der Waals surface area contributed by atoms with E-state index in [0.29, 0.717) is 24.7 Å². The van der Waals surface area contributed by atoms with Crippen LogP contribution < -0.4 is 10.5 Å². The van der Waals surface area contributed by atoms with Gasteiger partial charge in [-0.25, -0.2) is 4.79 Å². The summed E-state index contributed by atoms with van der Waals surface area (Å²) in [5.41, 5.74) is 6.21. The average molecular weight is 239 g/mol. The molecule has 1 aromatic rings. The lowest BCUT2D eigenvalue weighted by Crippen LogP contribution is -2.06. The van der Waals surface area contributed by atoms with Crippen LogP contribution in [0.15, 0.2) is 18.2 Å². The standard InChI is InChI=1S/C12H17NO4/c1-16-6-2-3-7-17-11-8-9(13)4-5-10(11)12(14)15/h4-5,8H,2-3,6-7,13H2,1H3,(H,14,15). The van der Waals surface area contributed by atoms with E-state index in [0.717, 1.165) is 12.8 Å². The lowest BCUT2D eigenvalue weighted by atomic mass is 10.2. The zero-order valence-corrected chi connectivity index (χ0v) is 9.81. The molecule has 0 amide bonds. The zero-order chi connectivity index (χ0) is 12.7. The molecule has 0 saturated heterocycles. The van der Waals surface area contributed by atoms with Crippen molar-refractivity contribution in [2.75, 3.05) is 26.1 Å². The predicted molar refractivity (Wildman–Crippen MR) is 64.4 cm³/mol. The number of hydrogen-bond donors (Lipinski definition) is 2. The maximum atomic E-state index is 10.9. The van der Waals surface area contributed by atoms with Crippen LogP contribution in [-0.2, 0) is 4.74 Å². The van der Waals surface area contributed by atoms with E-state index in [-0.39, 0.29) is 5.56 Å². The molecule has 0 aliphatic heterocycles. The first kappa shape index (κ1) is 13.3. The van der Waals surface area contributed by atoms with Crippen molar-refractivity contribution in [3.63, 3.8) is 0 Å². The van der Waals surface area contributed by atoms with E-state index in [1.54, 1.807) is 13.2 Å². The number of aromatic carboxylic acids is 1. The van der Waals surface area contributed by atoms with E-state index in [2.05, 4.69) is 0 Å². The van der Waals surface area contributed by atoms with E-state index in [9.17, 15) is 4.79 Å². The number of methoxy groups -OCH3 is 1. The summed E-state index contributed by atoms with van der Waals surface area (Å²) in [7, 11) is 1.64. The highest BCUT2D eigenvalue weighted by Gasteiger charge is 2.11. The van der Waals surface area contributed by atoms with Crippen LogP contribution in [0.3, 0.4) is 0 Å². The van der Waals surface area contributed by atoms with Gasteiger partial charge in [0.05, 0.1) is 6.61 Å². The van der Waals surface area contributed by atoms with Gasteiger partial charge in [-0.05, 0) is 25.0 Å². The molecule has 0 aliphatic rings. The van der Waals surface area contributed by atoms with Crippen molar-refractivity contribution >= 4 is 11.7 Å². The Bertz CT molecular complexity index is 379. The molecule has 0 heterocycles. The van der Waals surface area contributed by atoms with Crippen LogP contribution in [0.25, 0.3) is 0 Å². The molecular formula is C12H17NO4. The van der Waals surface area contributed by atoms with Gasteiger partial charge in [0.1, 0.15) is 11.3 Å². The molecule has 94 valence electrons. The fourth-order valence-corrected chi connectivity index (χ4v) is 1.37. The van der Waals surface area contributed by atoms with Crippen LogP contribution in [0.5, 0.6) is 5.75 Å². The van der Waals surface area contributed by atoms with Crippen molar-refractivity contribution in [1.82, 2.24) is 0 Å². The number of rotatable bonds is 7. The van der Waals surface area contributed by atoms with Crippen molar-refractivity contribution in [2.45, 2.75) is 12.8 Å². The molecule has 0 fully saturated rings. The Morgan fingerprint density at radius 3 is 2.71 bits per heavy atom. The molecule has 0 saturated carbocycles. The minimum atomic E-state index is -1.02. The van der Waals surface area contributed by atoms with Crippen LogP contribution >= 0.6 is 0 Å². The molecule has 1 aromatic carbocycles. The Kier molecular flexibility index (Phi) is 5.29. The SMILES string of the molecule is COCCCCOc1cc(N)ccc1C(=O)O. The first-order valence-corrected chi connectivity index (χ1v) is 5.39. The second kappa shape index (κ2) is 6.75. The maximum Gasteiger partial charge on any atom is 0.339 e. The highest BCUT2D eigenvalue weighted by atomic mass is 16.5. The molecule has 0 bridgehead atoms. The van der Waals surface area contributed by atoms with Crippen molar-refractivity contribution in [3.05, 3.63) is 23.8 Å². The summed E-state index contributed by atoms with van der Waals surface area (Å²) in [5, 5.41) is 8.96. The first-order chi connectivity index (χ1) is 8.15. The van der Waals surface area contributed by atoms with Crippen LogP contribution in [0.2, 0.25) is 0 Å². The van der Waals surface area contributed by atoms with Crippen molar-refractivity contribution in [1.29, 1.82) is 0 Å². The van der Waals surface area contributed by atoms with Crippen LogP contribution in [0, 0.1) is 0 Å². The van der Waals surface area contributed by atoms with Crippen LogP contribution in [-0.4, -0.2) is 31.4 Å². The van der Waals surface area contributed by atoms with Gasteiger partial charge in [-0.3, -0.25) is 0 Å². The van der Waals surface area contributed by atoms with Crippen LogP contribution in [0.4, 0.5) is 5.69 Å². The molecule has 5 nitrogen and oxygen atoms in total. The third-order valence-electron chi connectivity index (χ3n) is 2.24. The number of unbranched alkanes of at least 4 members (excludes halogenated alkanes) is 1. The topological polar surface area (TPSA) is 81.8 Å². The summed E-state index contributed by atoms with van der Waals surface area (Å²) in [6, 6.07) is 4.52. The minimum absolute atomic E-state index is 0.131. The Morgan fingerprint density at radius 1 is 1.35 bits per heavy atom. The number of hydrogen-bond acceptors (Lipinski definition) is 4. The fourth-order valence-electron chi connectivity index (χ4n) is 1.37. The van der Waals surface area contributed by atoms with Crippen LogP contribution in [0.1, 0.15) is 23.2 Å². The van der Waals surface area contributed by atoms with E-state index < -0.39 is 5.97 Å². The summed E-state index contributed by atoms with van der Waals surface area (Å²) in [5.74, 6) is -0.702. The van der Waals surface area contributed by atoms with E-state index in [1.807, 2.05) is 0 Å². The van der Waals surface area contributed by atoms with Gasteiger partial charge in [0.2, 0.25) is 0 Å². The number of anilines is 1. The monoisotopic (exact) mass is 239 g/mol. The van der Waals surface area contributed by atoms with Gasteiger partial charge in [0.15, 0.2) is 0 Å². The molecule has 0 spiro atoms. The smallest absolute Gasteiger partial charge is 0.339 e. The molecule has 0 aliphatic carbocycles. The van der Waals surface area contributed by atoms with Crippen molar-refractivity contribution in [3.8, 4) is 5.75 Å². The summed E-state index contributed by atoms with van der Waals surface area (Å²) in [4.78, 5) is 10.9. The van der Waals surface area contributed by atoms with Gasteiger partial charge in [-0.1, -0.05) is 0 Å². The summed E-state index contributed by atoms with van der Waals surface area (Å²) < 4.78 is 10.3. The Morgan fingerprint density at radius 2 is 2.06 bits per heavy atom. The number of nitrogens with two attached hydrogens (primary N) is 1. The average Bonchev–Trinajstić information content (AvgIpc) is 2.28. The molecule has 17 heavy (non-hydrogen) atoms. The lowest BCUT2D eigenvalue weighted by Gasteiger charge is -2.09. The summed E-state index contributed by atoms with van der Waals surface area (Å²) >= 11 is 0. The van der Waals surface area contributed by atoms with E-state index in [4.69, 9.17) is 20.3 Å². The van der Waals surface area contributed by atoms with Gasteiger partial charge in [-0.15, -0.1) is 0 Å². The molecular weight excluding hydrogens is 222 g/mol. The largest absolute Gasteiger partial charge is 0.493 e. The maximum absolute atomic E-state index is 10.9. The molecule has 1 rings (SSSR count). The number of ether oxygens (including phenoxy) is 2. The molecule has 3 N–H and O–H groups in total. The predicted octanol–water partition coefficient (Wildman–Crippen LogP) is 1.77. The second-order valence-electron chi connectivity index (χ2n) is 3.61. The van der Waals surface area contributed by atoms with E-state index in [1.165, 1.54) is 12.1 Å². The van der Waals surface area contributed by atoms with Gasteiger partial charge >= 0.3 is 5.97 Å². The van der Waals surface area contributed by atoms with Gasteiger partial charge < -0.3 is 20.3 Å². The lowest BCUT2D eigenvalue weighted by molar-refractivity contribution is 0.0692. The Balaban J connectivity index is 2.56. The van der Waals surface area contributed by atoms with E-state index >= 15 is 0 Å². The Hall–Kier alpha value is -1.75. The first-order valence-electron chi connectivity index (χ1n) is 5.39. The zero-order valence-electron chi connectivity index (χ0n) is 9.81. The highest BCUT2D eigenvalue weighted by molar-refractivity contribution is 5.91. The number of benzene rings is 1. The summed E-state index contributed by atoms with van der Waals surface area (Å²) in [6.07, 6.45) is 1.68. The van der Waals surface area contributed by atoms with Crippen molar-refractivity contribution in [2.24, 2.45) is 0 Å².